The summed E-state index contributed by atoms with van der Waals surface area (Å²) in [4.78, 5) is 13.2. The standard InChI is InChI=1S/C12H18ClN3O/c1-9(6-12(17)15-14)16(2)8-10-4-3-5-11(13)7-10/h3-5,7,9H,6,8,14H2,1-2H3,(H,15,17). The molecule has 1 aromatic carbocycles. The Morgan fingerprint density at radius 3 is 2.88 bits per heavy atom. The van der Waals surface area contributed by atoms with Crippen LogP contribution < -0.4 is 11.3 Å². The molecular formula is C12H18ClN3O. The molecule has 1 aromatic rings. The average molecular weight is 256 g/mol. The first-order chi connectivity index (χ1) is 8.02. The summed E-state index contributed by atoms with van der Waals surface area (Å²) < 4.78 is 0. The molecule has 0 aliphatic rings. The van der Waals surface area contributed by atoms with Gasteiger partial charge in [-0.25, -0.2) is 5.84 Å². The molecule has 0 saturated carbocycles. The minimum atomic E-state index is -0.157. The molecule has 1 amide bonds. The van der Waals surface area contributed by atoms with Crippen LogP contribution in [0.3, 0.4) is 0 Å². The lowest BCUT2D eigenvalue weighted by Gasteiger charge is -2.24. The van der Waals surface area contributed by atoms with Gasteiger partial charge in [-0.05, 0) is 31.7 Å². The van der Waals surface area contributed by atoms with Crippen LogP contribution in [0.25, 0.3) is 0 Å². The topological polar surface area (TPSA) is 58.4 Å². The fourth-order valence-electron chi connectivity index (χ4n) is 1.56. The van der Waals surface area contributed by atoms with Crippen molar-refractivity contribution < 1.29 is 4.79 Å². The third kappa shape index (κ3) is 4.73. The maximum Gasteiger partial charge on any atom is 0.235 e. The van der Waals surface area contributed by atoms with Crippen molar-refractivity contribution in [3.63, 3.8) is 0 Å². The number of hydrogen-bond donors (Lipinski definition) is 2. The first kappa shape index (κ1) is 14.0. The van der Waals surface area contributed by atoms with E-state index in [2.05, 4.69) is 10.3 Å². The Morgan fingerprint density at radius 1 is 1.59 bits per heavy atom. The molecule has 0 aliphatic carbocycles. The second-order valence-electron chi connectivity index (χ2n) is 4.17. The first-order valence-corrected chi connectivity index (χ1v) is 5.85. The van der Waals surface area contributed by atoms with Crippen LogP contribution in [0.1, 0.15) is 18.9 Å². The van der Waals surface area contributed by atoms with Gasteiger partial charge in [-0.2, -0.15) is 0 Å². The largest absolute Gasteiger partial charge is 0.299 e. The van der Waals surface area contributed by atoms with Gasteiger partial charge >= 0.3 is 0 Å². The number of nitrogens with zero attached hydrogens (tertiary/aromatic N) is 1. The number of rotatable bonds is 5. The Bertz CT molecular complexity index is 384. The summed E-state index contributed by atoms with van der Waals surface area (Å²) in [6.45, 7) is 2.74. The van der Waals surface area contributed by atoms with Gasteiger partial charge in [-0.1, -0.05) is 23.7 Å². The summed E-state index contributed by atoms with van der Waals surface area (Å²) in [5, 5.41) is 0.725. The molecule has 0 aliphatic heterocycles. The summed E-state index contributed by atoms with van der Waals surface area (Å²) in [6.07, 6.45) is 0.383. The second-order valence-corrected chi connectivity index (χ2v) is 4.60. The number of benzene rings is 1. The van der Waals surface area contributed by atoms with Crippen molar-refractivity contribution in [2.24, 2.45) is 5.84 Å². The number of carbonyl (C=O) groups is 1. The molecular weight excluding hydrogens is 238 g/mol. The minimum absolute atomic E-state index is 0.123. The van der Waals surface area contributed by atoms with E-state index in [4.69, 9.17) is 17.4 Å². The quantitative estimate of drug-likeness (QED) is 0.477. The van der Waals surface area contributed by atoms with E-state index in [1.165, 1.54) is 0 Å². The van der Waals surface area contributed by atoms with E-state index in [1.807, 2.05) is 38.2 Å². The van der Waals surface area contributed by atoms with Crippen LogP contribution >= 0.6 is 11.6 Å². The van der Waals surface area contributed by atoms with Gasteiger partial charge in [0.2, 0.25) is 5.91 Å². The molecule has 1 unspecified atom stereocenters. The molecule has 0 radical (unpaired) electrons. The normalized spacial score (nSPS) is 12.5. The van der Waals surface area contributed by atoms with Gasteiger partial charge in [0.05, 0.1) is 0 Å². The monoisotopic (exact) mass is 255 g/mol. The first-order valence-electron chi connectivity index (χ1n) is 5.47. The number of nitrogens with two attached hydrogens (primary N) is 1. The highest BCUT2D eigenvalue weighted by atomic mass is 35.5. The Balaban J connectivity index is 2.53. The van der Waals surface area contributed by atoms with Crippen LogP contribution in [0.4, 0.5) is 0 Å². The van der Waals surface area contributed by atoms with Gasteiger partial charge in [0.1, 0.15) is 0 Å². The van der Waals surface area contributed by atoms with Crippen LogP contribution in [-0.4, -0.2) is 23.9 Å². The van der Waals surface area contributed by atoms with Crippen molar-refractivity contribution in [1.82, 2.24) is 10.3 Å². The van der Waals surface area contributed by atoms with Crippen molar-refractivity contribution >= 4 is 17.5 Å². The van der Waals surface area contributed by atoms with Gasteiger partial charge in [0.15, 0.2) is 0 Å². The predicted octanol–water partition coefficient (Wildman–Crippen LogP) is 1.54. The second kappa shape index (κ2) is 6.59. The number of halogens is 1. The summed E-state index contributed by atoms with van der Waals surface area (Å²) in [6, 6.07) is 7.82. The smallest absolute Gasteiger partial charge is 0.235 e. The highest BCUT2D eigenvalue weighted by molar-refractivity contribution is 6.30. The van der Waals surface area contributed by atoms with Crippen molar-refractivity contribution in [3.8, 4) is 0 Å². The van der Waals surface area contributed by atoms with Gasteiger partial charge < -0.3 is 0 Å². The molecule has 4 nitrogen and oxygen atoms in total. The van der Waals surface area contributed by atoms with E-state index >= 15 is 0 Å². The molecule has 1 atom stereocenters. The fraction of sp³-hybridized carbons (Fsp3) is 0.417. The number of amides is 1. The summed E-state index contributed by atoms with van der Waals surface area (Å²) in [5.41, 5.74) is 3.26. The van der Waals surface area contributed by atoms with E-state index in [9.17, 15) is 4.79 Å². The number of carbonyl (C=O) groups excluding carboxylic acids is 1. The Kier molecular flexibility index (Phi) is 5.41. The van der Waals surface area contributed by atoms with Gasteiger partial charge in [-0.15, -0.1) is 0 Å². The third-order valence-electron chi connectivity index (χ3n) is 2.72. The predicted molar refractivity (Wildman–Crippen MR) is 69.3 cm³/mol. The van der Waals surface area contributed by atoms with Crippen molar-refractivity contribution in [2.45, 2.75) is 25.9 Å². The molecule has 3 N–H and O–H groups in total. The van der Waals surface area contributed by atoms with E-state index < -0.39 is 0 Å². The highest BCUT2D eigenvalue weighted by Gasteiger charge is 2.13. The lowest BCUT2D eigenvalue weighted by Crippen LogP contribution is -2.37. The maximum absolute atomic E-state index is 11.1. The van der Waals surface area contributed by atoms with Gasteiger partial charge in [-0.3, -0.25) is 15.1 Å². The molecule has 0 saturated heterocycles. The van der Waals surface area contributed by atoms with Crippen LogP contribution in [0.5, 0.6) is 0 Å². The van der Waals surface area contributed by atoms with E-state index in [0.29, 0.717) is 6.42 Å². The fourth-order valence-corrected chi connectivity index (χ4v) is 1.78. The SMILES string of the molecule is CC(CC(=O)NN)N(C)Cc1cccc(Cl)c1. The van der Waals surface area contributed by atoms with Crippen LogP contribution in [0, 0.1) is 0 Å². The molecule has 0 fully saturated rings. The van der Waals surface area contributed by atoms with Crippen molar-refractivity contribution in [3.05, 3.63) is 34.9 Å². The zero-order valence-corrected chi connectivity index (χ0v) is 10.9. The van der Waals surface area contributed by atoms with Gasteiger partial charge in [0.25, 0.3) is 0 Å². The Morgan fingerprint density at radius 2 is 2.29 bits per heavy atom. The van der Waals surface area contributed by atoms with Gasteiger partial charge in [0, 0.05) is 24.0 Å². The third-order valence-corrected chi connectivity index (χ3v) is 2.95. The zero-order valence-electron chi connectivity index (χ0n) is 10.1. The molecule has 0 bridgehead atoms. The van der Waals surface area contributed by atoms with Crippen molar-refractivity contribution in [1.29, 1.82) is 0 Å². The van der Waals surface area contributed by atoms with E-state index in [-0.39, 0.29) is 11.9 Å². The van der Waals surface area contributed by atoms with E-state index in [0.717, 1.165) is 17.1 Å². The lowest BCUT2D eigenvalue weighted by molar-refractivity contribution is -0.122. The number of hydrogen-bond acceptors (Lipinski definition) is 3. The Hall–Kier alpha value is -1.10. The molecule has 0 spiro atoms. The van der Waals surface area contributed by atoms with Crippen LogP contribution in [0.2, 0.25) is 5.02 Å². The highest BCUT2D eigenvalue weighted by Crippen LogP contribution is 2.13. The maximum atomic E-state index is 11.1. The number of hydrazine groups is 1. The van der Waals surface area contributed by atoms with Crippen molar-refractivity contribution in [2.75, 3.05) is 7.05 Å². The molecule has 94 valence electrons. The summed E-state index contributed by atoms with van der Waals surface area (Å²) in [5.74, 6) is 4.90. The van der Waals surface area contributed by atoms with E-state index in [1.54, 1.807) is 0 Å². The lowest BCUT2D eigenvalue weighted by atomic mass is 10.1. The summed E-state index contributed by atoms with van der Waals surface area (Å²) >= 11 is 5.92. The molecule has 0 heterocycles. The van der Waals surface area contributed by atoms with Crippen LogP contribution in [0.15, 0.2) is 24.3 Å². The zero-order chi connectivity index (χ0) is 12.8. The minimum Gasteiger partial charge on any atom is -0.299 e. The molecule has 1 rings (SSSR count). The molecule has 5 heteroatoms. The average Bonchev–Trinajstić information content (AvgIpc) is 2.28. The van der Waals surface area contributed by atoms with Crippen LogP contribution in [-0.2, 0) is 11.3 Å². The molecule has 0 aromatic heterocycles. The number of nitrogens with one attached hydrogen (secondary N) is 1. The summed E-state index contributed by atoms with van der Waals surface area (Å²) in [7, 11) is 1.97. The molecule has 17 heavy (non-hydrogen) atoms. The Labute approximate surface area is 107 Å².